The number of aryl methyl sites for hydroxylation is 2. The van der Waals surface area contributed by atoms with Gasteiger partial charge in [0, 0.05) is 45.0 Å². The lowest BCUT2D eigenvalue weighted by molar-refractivity contribution is -0.142. The summed E-state index contributed by atoms with van der Waals surface area (Å²) in [5.74, 6) is -1.99. The van der Waals surface area contributed by atoms with E-state index in [1.54, 1.807) is 102 Å². The molecule has 7 amide bonds. The highest BCUT2D eigenvalue weighted by Gasteiger charge is 2.44. The summed E-state index contributed by atoms with van der Waals surface area (Å²) in [5.41, 5.74) is 2.35. The number of isocyanates is 1. The van der Waals surface area contributed by atoms with E-state index in [1.807, 2.05) is 43.3 Å². The van der Waals surface area contributed by atoms with Crippen LogP contribution in [0.4, 0.5) is 34.5 Å². The molecule has 84 heavy (non-hydrogen) atoms. The van der Waals surface area contributed by atoms with E-state index in [1.165, 1.54) is 23.8 Å². The Morgan fingerprint density at radius 1 is 0.595 bits per heavy atom. The Labute approximate surface area is 490 Å². The molecule has 0 spiro atoms. The van der Waals surface area contributed by atoms with Crippen LogP contribution in [0.1, 0.15) is 114 Å². The van der Waals surface area contributed by atoms with E-state index >= 15 is 0 Å². The molecule has 6 N–H and O–H groups in total. The smallest absolute Gasteiger partial charge is 0.411 e. The van der Waals surface area contributed by atoms with Gasteiger partial charge in [-0.3, -0.25) is 24.5 Å². The zero-order valence-corrected chi connectivity index (χ0v) is 49.9. The predicted octanol–water partition coefficient (Wildman–Crippen LogP) is 8.79. The van der Waals surface area contributed by atoms with Gasteiger partial charge in [-0.05, 0) is 164 Å². The predicted molar refractivity (Wildman–Crippen MR) is 312 cm³/mol. The van der Waals surface area contributed by atoms with E-state index in [9.17, 15) is 52.2 Å². The summed E-state index contributed by atoms with van der Waals surface area (Å²) >= 11 is 0. The highest BCUT2D eigenvalue weighted by Crippen LogP contribution is 2.34. The monoisotopic (exact) mass is 1170 g/mol. The molecular formula is C62H82F2N8O12. The number of hydrogen-bond acceptors (Lipinski definition) is 13. The first kappa shape index (κ1) is 68.3. The summed E-state index contributed by atoms with van der Waals surface area (Å²) in [5, 5.41) is 23.2. The minimum absolute atomic E-state index is 0.0998. The van der Waals surface area contributed by atoms with Crippen molar-refractivity contribution in [2.45, 2.75) is 132 Å². The lowest BCUT2D eigenvalue weighted by Crippen LogP contribution is -2.54. The van der Waals surface area contributed by atoms with Crippen LogP contribution in [0.15, 0.2) is 89.9 Å². The highest BCUT2D eigenvalue weighted by molar-refractivity contribution is 5.88. The lowest BCUT2D eigenvalue weighted by Gasteiger charge is -2.40. The standard InChI is InChI=1S/C31H41FN4O6.C22H32FN3O5.C9H9NO/c1-6-22-10-12-24(13-11-22)35-29(40)41-20-31(27(38)33-18-23-8-7-9-25(32)21(23)2)14-16-36(17-15-31)26(37)19-34-28(39)42-30(3,4)5;1-15-16(6-5-7-17(15)23)12-24-19(29)22(14-27)8-10-26(11-9-22)18(28)13-25-20(30)31-21(2,3)4;1-2-8-3-5-9(6-4-8)10-7-11/h7-13H,6,14-20H2,1-5H3,(H,33,38)(H,34,39)(H,35,40);5-7,27H,8-14H2,1-4H3,(H,24,29)(H,25,30);3-6H,2H2,1H3. The van der Waals surface area contributed by atoms with Crippen LogP contribution in [-0.2, 0) is 64.1 Å². The molecule has 0 aliphatic carbocycles. The average molecular weight is 1170 g/mol. The number of nitrogens with zero attached hydrogens (tertiary/aromatic N) is 3. The topological polar surface area (TPSA) is 263 Å². The maximum atomic E-state index is 14.0. The van der Waals surface area contributed by atoms with Crippen LogP contribution in [0.2, 0.25) is 0 Å². The summed E-state index contributed by atoms with van der Waals surface area (Å²) in [6.07, 6.45) is 2.32. The Morgan fingerprint density at radius 2 is 1.00 bits per heavy atom. The van der Waals surface area contributed by atoms with Gasteiger partial charge in [0.2, 0.25) is 29.7 Å². The summed E-state index contributed by atoms with van der Waals surface area (Å²) in [6, 6.07) is 24.2. The number of amides is 7. The molecule has 2 fully saturated rings. The molecule has 6 rings (SSSR count). The van der Waals surface area contributed by atoms with Gasteiger partial charge in [-0.15, -0.1) is 0 Å². The van der Waals surface area contributed by atoms with Crippen LogP contribution in [0.25, 0.3) is 0 Å². The van der Waals surface area contributed by atoms with Crippen molar-refractivity contribution in [3.8, 4) is 0 Å². The van der Waals surface area contributed by atoms with Crippen molar-refractivity contribution in [1.82, 2.24) is 31.1 Å². The molecule has 0 aromatic heterocycles. The van der Waals surface area contributed by atoms with Gasteiger partial charge in [0.15, 0.2) is 0 Å². The second kappa shape index (κ2) is 32.0. The first-order chi connectivity index (χ1) is 39.6. The number of hydrogen-bond donors (Lipinski definition) is 6. The molecule has 0 unspecified atom stereocenters. The second-order valence-electron chi connectivity index (χ2n) is 22.6. The number of carbonyl (C=O) groups excluding carboxylic acids is 8. The van der Waals surface area contributed by atoms with Gasteiger partial charge in [0.1, 0.15) is 42.5 Å². The SMILES string of the molecule is CCc1ccc(N=C=O)cc1.CCc1ccc(NC(=O)OCC2(C(=O)NCc3cccc(F)c3C)CCN(C(=O)CNC(=O)OC(C)(C)C)CC2)cc1.Cc1c(F)cccc1CNC(=O)C1(CO)CCN(C(=O)CNC(=O)OC(C)(C)C)CC1. The fourth-order valence-electron chi connectivity index (χ4n) is 8.86. The summed E-state index contributed by atoms with van der Waals surface area (Å²) in [6.45, 7) is 18.0. The number of anilines is 1. The number of nitrogens with one attached hydrogen (secondary N) is 5. The summed E-state index contributed by atoms with van der Waals surface area (Å²) in [7, 11) is 0. The van der Waals surface area contributed by atoms with Gasteiger partial charge >= 0.3 is 18.3 Å². The van der Waals surface area contributed by atoms with Crippen molar-refractivity contribution in [3.63, 3.8) is 0 Å². The third-order valence-electron chi connectivity index (χ3n) is 14.2. The van der Waals surface area contributed by atoms with Gasteiger partial charge in [0.25, 0.3) is 0 Å². The number of benzene rings is 4. The fourth-order valence-corrected chi connectivity index (χ4v) is 8.86. The van der Waals surface area contributed by atoms with Crippen molar-refractivity contribution in [3.05, 3.63) is 130 Å². The number of ether oxygens (including phenoxy) is 3. The van der Waals surface area contributed by atoms with E-state index in [4.69, 9.17) is 14.2 Å². The van der Waals surface area contributed by atoms with Crippen LogP contribution in [0.5, 0.6) is 0 Å². The highest BCUT2D eigenvalue weighted by atomic mass is 19.1. The molecule has 4 aromatic rings. The number of rotatable bonds is 17. The summed E-state index contributed by atoms with van der Waals surface area (Å²) in [4.78, 5) is 104. The van der Waals surface area contributed by atoms with Crippen LogP contribution in [0, 0.1) is 36.3 Å². The molecule has 0 saturated carbocycles. The Bertz CT molecular complexity index is 2920. The second-order valence-corrected chi connectivity index (χ2v) is 22.6. The number of aliphatic hydroxyl groups is 1. The molecular weight excluding hydrogens is 1090 g/mol. The van der Waals surface area contributed by atoms with E-state index in [0.29, 0.717) is 33.6 Å². The number of aliphatic imine (C=N–C) groups is 1. The minimum atomic E-state index is -1.11. The molecule has 0 radical (unpaired) electrons. The zero-order valence-electron chi connectivity index (χ0n) is 49.9. The molecule has 456 valence electrons. The minimum Gasteiger partial charge on any atom is -0.448 e. The van der Waals surface area contributed by atoms with E-state index in [-0.39, 0.29) is 127 Å². The van der Waals surface area contributed by atoms with E-state index in [0.717, 1.165) is 18.4 Å². The van der Waals surface area contributed by atoms with Gasteiger partial charge in [-0.2, -0.15) is 4.99 Å². The van der Waals surface area contributed by atoms with Crippen LogP contribution < -0.4 is 26.6 Å². The molecule has 20 nitrogen and oxygen atoms in total. The van der Waals surface area contributed by atoms with E-state index in [2.05, 4.69) is 38.5 Å². The number of carbonyl (C=O) groups is 7. The zero-order chi connectivity index (χ0) is 62.3. The Morgan fingerprint density at radius 3 is 1.39 bits per heavy atom. The van der Waals surface area contributed by atoms with Crippen LogP contribution >= 0.6 is 0 Å². The first-order valence-electron chi connectivity index (χ1n) is 28.0. The molecule has 0 atom stereocenters. The first-order valence-corrected chi connectivity index (χ1v) is 28.0. The van der Waals surface area contributed by atoms with Gasteiger partial charge < -0.3 is 50.4 Å². The number of aliphatic hydroxyl groups excluding tert-OH is 1. The third kappa shape index (κ3) is 21.8. The van der Waals surface area contributed by atoms with Crippen LogP contribution in [0.3, 0.4) is 0 Å². The Balaban J connectivity index is 0.000000314. The van der Waals surface area contributed by atoms with Crippen molar-refractivity contribution in [2.75, 3.05) is 57.8 Å². The molecule has 2 aliphatic rings. The third-order valence-corrected chi connectivity index (χ3v) is 14.2. The van der Waals surface area contributed by atoms with Crippen LogP contribution in [-0.4, -0.2) is 127 Å². The maximum Gasteiger partial charge on any atom is 0.411 e. The van der Waals surface area contributed by atoms with Crippen molar-refractivity contribution in [2.24, 2.45) is 15.8 Å². The van der Waals surface area contributed by atoms with Gasteiger partial charge in [0.05, 0.1) is 23.1 Å². The fraction of sp³-hybridized carbons (Fsp3) is 0.484. The number of halogens is 2. The molecule has 4 aromatic carbocycles. The van der Waals surface area contributed by atoms with Gasteiger partial charge in [-0.25, -0.2) is 28.0 Å². The maximum absolute atomic E-state index is 14.0. The quantitative estimate of drug-likeness (QED) is 0.0329. The van der Waals surface area contributed by atoms with Crippen molar-refractivity contribution in [1.29, 1.82) is 0 Å². The number of alkyl carbamates (subject to hydrolysis) is 2. The van der Waals surface area contributed by atoms with E-state index < -0.39 is 40.3 Å². The normalized spacial score (nSPS) is 14.2. The summed E-state index contributed by atoms with van der Waals surface area (Å²) < 4.78 is 43.5. The molecule has 2 aliphatic heterocycles. The largest absolute Gasteiger partial charge is 0.448 e. The van der Waals surface area contributed by atoms with Crippen molar-refractivity contribution >= 4 is 59.4 Å². The number of piperidine rings is 2. The lowest BCUT2D eigenvalue weighted by atomic mass is 9.78. The average Bonchev–Trinajstić information content (AvgIpc) is 2.79. The molecule has 22 heteroatoms. The van der Waals surface area contributed by atoms with Gasteiger partial charge in [-0.1, -0.05) is 62.4 Å². The molecule has 0 bridgehead atoms. The molecule has 2 heterocycles. The number of likely N-dealkylation sites (tertiary alicyclic amines) is 2. The molecule has 2 saturated heterocycles. The Kier molecular flexibility index (Phi) is 26.0. The Hall–Kier alpha value is -8.23. The van der Waals surface area contributed by atoms with Crippen molar-refractivity contribution < 1.29 is 66.5 Å².